The van der Waals surface area contributed by atoms with Crippen LogP contribution < -0.4 is 10.9 Å². The summed E-state index contributed by atoms with van der Waals surface area (Å²) in [5.41, 5.74) is 2.37. The number of hydrogen-bond acceptors (Lipinski definition) is 5. The van der Waals surface area contributed by atoms with Crippen molar-refractivity contribution in [3.63, 3.8) is 0 Å². The molecule has 0 bridgehead atoms. The molecule has 0 aliphatic rings. The van der Waals surface area contributed by atoms with Crippen molar-refractivity contribution >= 4 is 17.0 Å². The van der Waals surface area contributed by atoms with Crippen molar-refractivity contribution in [1.82, 2.24) is 19.7 Å². The second kappa shape index (κ2) is 5.52. The van der Waals surface area contributed by atoms with Crippen molar-refractivity contribution in [3.05, 3.63) is 62.6 Å². The second-order valence-electron chi connectivity index (χ2n) is 4.48. The molecule has 0 aliphatic carbocycles. The van der Waals surface area contributed by atoms with Crippen LogP contribution >= 0.6 is 11.3 Å². The maximum Gasteiger partial charge on any atom is 0.258 e. The van der Waals surface area contributed by atoms with Crippen LogP contribution in [0, 0.1) is 6.92 Å². The van der Waals surface area contributed by atoms with Gasteiger partial charge in [0.2, 0.25) is 0 Å². The van der Waals surface area contributed by atoms with Gasteiger partial charge in [0.1, 0.15) is 5.65 Å². The molecule has 0 saturated heterocycles. The number of aryl methyl sites for hydroxylation is 1. The first-order valence-electron chi connectivity index (χ1n) is 6.31. The molecule has 3 rings (SSSR count). The van der Waals surface area contributed by atoms with Gasteiger partial charge in [0.25, 0.3) is 5.56 Å². The van der Waals surface area contributed by atoms with Crippen molar-refractivity contribution in [3.8, 4) is 0 Å². The Morgan fingerprint density at radius 3 is 2.90 bits per heavy atom. The highest BCUT2D eigenvalue weighted by Gasteiger charge is 2.02. The zero-order chi connectivity index (χ0) is 13.9. The van der Waals surface area contributed by atoms with Crippen molar-refractivity contribution in [2.45, 2.75) is 20.0 Å². The minimum absolute atomic E-state index is 0.0584. The predicted molar refractivity (Wildman–Crippen MR) is 78.9 cm³/mol. The summed E-state index contributed by atoms with van der Waals surface area (Å²) >= 11 is 1.63. The first-order chi connectivity index (χ1) is 9.72. The van der Waals surface area contributed by atoms with Gasteiger partial charge in [0.15, 0.2) is 0 Å². The Hall–Kier alpha value is -2.05. The van der Waals surface area contributed by atoms with E-state index in [1.54, 1.807) is 23.6 Å². The van der Waals surface area contributed by atoms with Gasteiger partial charge in [-0.15, -0.1) is 11.3 Å². The molecule has 102 valence electrons. The van der Waals surface area contributed by atoms with Crippen LogP contribution in [0.15, 0.2) is 40.6 Å². The van der Waals surface area contributed by atoms with Crippen LogP contribution in [-0.4, -0.2) is 14.4 Å². The summed E-state index contributed by atoms with van der Waals surface area (Å²) in [6.45, 7) is 3.22. The molecule has 0 atom stereocenters. The van der Waals surface area contributed by atoms with Gasteiger partial charge in [-0.2, -0.15) is 0 Å². The number of aromatic nitrogens is 3. The summed E-state index contributed by atoms with van der Waals surface area (Å²) in [5.74, 6) is 0. The average Bonchev–Trinajstić information content (AvgIpc) is 2.85. The predicted octanol–water partition coefficient (Wildman–Crippen LogP) is 1.75. The molecular formula is C14H14N4OS. The number of pyridine rings is 1. The van der Waals surface area contributed by atoms with E-state index < -0.39 is 0 Å². The van der Waals surface area contributed by atoms with E-state index in [1.165, 1.54) is 4.40 Å². The van der Waals surface area contributed by atoms with Crippen molar-refractivity contribution in [2.24, 2.45) is 0 Å². The van der Waals surface area contributed by atoms with Crippen molar-refractivity contribution < 1.29 is 0 Å². The Morgan fingerprint density at radius 1 is 1.25 bits per heavy atom. The number of rotatable bonds is 4. The molecule has 1 N–H and O–H groups in total. The van der Waals surface area contributed by atoms with Gasteiger partial charge in [0.05, 0.1) is 16.4 Å². The fourth-order valence-corrected chi connectivity index (χ4v) is 2.61. The lowest BCUT2D eigenvalue weighted by Crippen LogP contribution is -2.19. The Balaban J connectivity index is 1.73. The summed E-state index contributed by atoms with van der Waals surface area (Å²) in [6.07, 6.45) is 1.72. The van der Waals surface area contributed by atoms with Crippen LogP contribution in [0.4, 0.5) is 0 Å². The SMILES string of the molecule is Cc1nc(CNCc2cc(=O)n3ccccc3n2)cs1. The lowest BCUT2D eigenvalue weighted by molar-refractivity contribution is 0.668. The average molecular weight is 286 g/mol. The van der Waals surface area contributed by atoms with E-state index in [2.05, 4.69) is 15.3 Å². The lowest BCUT2D eigenvalue weighted by Gasteiger charge is -2.04. The molecule has 0 unspecified atom stereocenters. The second-order valence-corrected chi connectivity index (χ2v) is 5.54. The molecule has 0 saturated carbocycles. The number of nitrogens with zero attached hydrogens (tertiary/aromatic N) is 3. The molecule has 0 amide bonds. The fourth-order valence-electron chi connectivity index (χ4n) is 2.00. The zero-order valence-electron chi connectivity index (χ0n) is 11.0. The standard InChI is InChI=1S/C14H14N4OS/c1-10-16-12(9-20-10)8-15-7-11-6-14(19)18-5-3-2-4-13(18)17-11/h2-6,9,15H,7-8H2,1H3. The van der Waals surface area contributed by atoms with E-state index >= 15 is 0 Å². The molecular weight excluding hydrogens is 272 g/mol. The maximum atomic E-state index is 11.9. The van der Waals surface area contributed by atoms with E-state index in [0.29, 0.717) is 18.7 Å². The fraction of sp³-hybridized carbons (Fsp3) is 0.214. The summed E-state index contributed by atoms with van der Waals surface area (Å²) < 4.78 is 1.54. The highest BCUT2D eigenvalue weighted by Crippen LogP contribution is 2.07. The number of fused-ring (bicyclic) bond motifs is 1. The maximum absolute atomic E-state index is 11.9. The molecule has 6 heteroatoms. The topological polar surface area (TPSA) is 59.3 Å². The molecule has 3 heterocycles. The largest absolute Gasteiger partial charge is 0.305 e. The monoisotopic (exact) mass is 286 g/mol. The molecule has 0 radical (unpaired) electrons. The van der Waals surface area contributed by atoms with Crippen LogP contribution in [0.3, 0.4) is 0 Å². The summed E-state index contributed by atoms with van der Waals surface area (Å²) in [4.78, 5) is 20.8. The normalized spacial score (nSPS) is 11.1. The summed E-state index contributed by atoms with van der Waals surface area (Å²) in [6, 6.07) is 7.08. The minimum Gasteiger partial charge on any atom is -0.305 e. The first-order valence-corrected chi connectivity index (χ1v) is 7.19. The molecule has 3 aromatic heterocycles. The molecule has 3 aromatic rings. The lowest BCUT2D eigenvalue weighted by atomic mass is 10.3. The van der Waals surface area contributed by atoms with Gasteiger partial charge >= 0.3 is 0 Å². The number of thiazole rings is 1. The Morgan fingerprint density at radius 2 is 2.10 bits per heavy atom. The highest BCUT2D eigenvalue weighted by atomic mass is 32.1. The Bertz CT molecular complexity index is 793. The van der Waals surface area contributed by atoms with Crippen LogP contribution in [0.5, 0.6) is 0 Å². The molecule has 0 aromatic carbocycles. The van der Waals surface area contributed by atoms with Gasteiger partial charge in [0, 0.05) is 30.7 Å². The third-order valence-corrected chi connectivity index (χ3v) is 3.73. The smallest absolute Gasteiger partial charge is 0.258 e. The molecule has 5 nitrogen and oxygen atoms in total. The van der Waals surface area contributed by atoms with Crippen molar-refractivity contribution in [1.29, 1.82) is 0 Å². The molecule has 0 spiro atoms. The Labute approximate surface area is 120 Å². The van der Waals surface area contributed by atoms with E-state index in [-0.39, 0.29) is 5.56 Å². The van der Waals surface area contributed by atoms with E-state index in [4.69, 9.17) is 0 Å². The van der Waals surface area contributed by atoms with E-state index in [1.807, 2.05) is 30.5 Å². The van der Waals surface area contributed by atoms with Crippen LogP contribution in [-0.2, 0) is 13.1 Å². The van der Waals surface area contributed by atoms with Gasteiger partial charge in [-0.05, 0) is 19.1 Å². The number of nitrogens with one attached hydrogen (secondary N) is 1. The Kier molecular flexibility index (Phi) is 3.58. The molecule has 0 fully saturated rings. The third-order valence-electron chi connectivity index (χ3n) is 2.90. The minimum atomic E-state index is -0.0584. The van der Waals surface area contributed by atoms with Crippen LogP contribution in [0.1, 0.15) is 16.4 Å². The quantitative estimate of drug-likeness (QED) is 0.794. The summed E-state index contributed by atoms with van der Waals surface area (Å²) in [5, 5.41) is 6.35. The third kappa shape index (κ3) is 2.76. The van der Waals surface area contributed by atoms with Crippen molar-refractivity contribution in [2.75, 3.05) is 0 Å². The van der Waals surface area contributed by atoms with Crippen LogP contribution in [0.2, 0.25) is 0 Å². The molecule has 0 aliphatic heterocycles. The first kappa shape index (κ1) is 13.0. The van der Waals surface area contributed by atoms with E-state index in [9.17, 15) is 4.79 Å². The summed E-state index contributed by atoms with van der Waals surface area (Å²) in [7, 11) is 0. The van der Waals surface area contributed by atoms with E-state index in [0.717, 1.165) is 16.4 Å². The highest BCUT2D eigenvalue weighted by molar-refractivity contribution is 7.09. The van der Waals surface area contributed by atoms with Crippen LogP contribution in [0.25, 0.3) is 5.65 Å². The van der Waals surface area contributed by atoms with Gasteiger partial charge in [-0.3, -0.25) is 9.20 Å². The zero-order valence-corrected chi connectivity index (χ0v) is 11.9. The van der Waals surface area contributed by atoms with Gasteiger partial charge < -0.3 is 5.32 Å². The number of hydrogen-bond donors (Lipinski definition) is 1. The molecule has 20 heavy (non-hydrogen) atoms. The van der Waals surface area contributed by atoms with Gasteiger partial charge in [-0.25, -0.2) is 9.97 Å². The van der Waals surface area contributed by atoms with Gasteiger partial charge in [-0.1, -0.05) is 6.07 Å².